The Kier molecular flexibility index (Phi) is 6.07. The van der Waals surface area contributed by atoms with E-state index in [-0.39, 0.29) is 11.7 Å². The molecule has 0 amide bonds. The van der Waals surface area contributed by atoms with Crippen molar-refractivity contribution < 1.29 is 19.3 Å². The predicted octanol–water partition coefficient (Wildman–Crippen LogP) is 5.18. The van der Waals surface area contributed by atoms with E-state index in [1.807, 2.05) is 30.3 Å². The molecule has 1 aliphatic carbocycles. The van der Waals surface area contributed by atoms with Crippen LogP contribution in [0.5, 0.6) is 23.0 Å². The highest BCUT2D eigenvalue weighted by Crippen LogP contribution is 2.38. The molecular formula is C23H26O4. The lowest BCUT2D eigenvalue weighted by molar-refractivity contribution is 0.355. The maximum absolute atomic E-state index is 9.86. The number of rotatable bonds is 6. The van der Waals surface area contributed by atoms with E-state index in [0.717, 1.165) is 35.5 Å². The van der Waals surface area contributed by atoms with E-state index in [0.29, 0.717) is 11.7 Å². The Morgan fingerprint density at radius 1 is 0.926 bits per heavy atom. The van der Waals surface area contributed by atoms with Crippen molar-refractivity contribution in [1.29, 1.82) is 0 Å². The Bertz CT molecular complexity index is 838. The van der Waals surface area contributed by atoms with E-state index in [9.17, 15) is 5.11 Å². The molecule has 1 aliphatic rings. The molecule has 0 radical (unpaired) electrons. The minimum Gasteiger partial charge on any atom is -0.504 e. The van der Waals surface area contributed by atoms with Gasteiger partial charge < -0.3 is 19.3 Å². The number of allylic oxidation sites excluding steroid dienone is 3. The summed E-state index contributed by atoms with van der Waals surface area (Å²) >= 11 is 0. The molecule has 0 aliphatic heterocycles. The zero-order valence-corrected chi connectivity index (χ0v) is 16.0. The van der Waals surface area contributed by atoms with Gasteiger partial charge in [-0.3, -0.25) is 0 Å². The number of methoxy groups -OCH3 is 3. The van der Waals surface area contributed by atoms with Crippen LogP contribution in [0.3, 0.4) is 0 Å². The fourth-order valence-corrected chi connectivity index (χ4v) is 3.52. The topological polar surface area (TPSA) is 47.9 Å². The molecule has 2 aromatic rings. The van der Waals surface area contributed by atoms with Gasteiger partial charge >= 0.3 is 0 Å². The third-order valence-corrected chi connectivity index (χ3v) is 5.00. The SMILES string of the molecule is COc1cc([C@@H]2C=CCC[C@H]2C=Cc2ccc(OC)c(OC)c2)ccc1O. The second-order valence-corrected chi connectivity index (χ2v) is 6.60. The van der Waals surface area contributed by atoms with Gasteiger partial charge in [-0.2, -0.15) is 0 Å². The summed E-state index contributed by atoms with van der Waals surface area (Å²) in [5.74, 6) is 2.75. The number of ether oxygens (including phenoxy) is 3. The summed E-state index contributed by atoms with van der Waals surface area (Å²) in [6.07, 6.45) is 11.0. The number of benzene rings is 2. The maximum Gasteiger partial charge on any atom is 0.161 e. The second kappa shape index (κ2) is 8.67. The molecule has 0 aromatic heterocycles. The smallest absolute Gasteiger partial charge is 0.161 e. The van der Waals surface area contributed by atoms with E-state index in [2.05, 4.69) is 24.3 Å². The van der Waals surface area contributed by atoms with Crippen LogP contribution in [0.15, 0.2) is 54.6 Å². The Morgan fingerprint density at radius 3 is 2.44 bits per heavy atom. The minimum atomic E-state index is 0.165. The van der Waals surface area contributed by atoms with Gasteiger partial charge in [0.25, 0.3) is 0 Å². The molecule has 0 fully saturated rings. The van der Waals surface area contributed by atoms with Crippen molar-refractivity contribution in [2.75, 3.05) is 21.3 Å². The molecule has 142 valence electrons. The van der Waals surface area contributed by atoms with Gasteiger partial charge in [0.2, 0.25) is 0 Å². The summed E-state index contributed by atoms with van der Waals surface area (Å²) in [7, 11) is 4.85. The summed E-state index contributed by atoms with van der Waals surface area (Å²) in [4.78, 5) is 0. The van der Waals surface area contributed by atoms with E-state index in [1.54, 1.807) is 27.4 Å². The molecule has 2 aromatic carbocycles. The van der Waals surface area contributed by atoms with E-state index >= 15 is 0 Å². The van der Waals surface area contributed by atoms with Crippen LogP contribution in [0.2, 0.25) is 0 Å². The van der Waals surface area contributed by atoms with Gasteiger partial charge in [-0.15, -0.1) is 0 Å². The zero-order valence-electron chi connectivity index (χ0n) is 16.0. The summed E-state index contributed by atoms with van der Waals surface area (Å²) in [6.45, 7) is 0. The lowest BCUT2D eigenvalue weighted by Gasteiger charge is -2.26. The first kappa shape index (κ1) is 18.9. The van der Waals surface area contributed by atoms with Crippen molar-refractivity contribution in [3.05, 3.63) is 65.8 Å². The molecule has 0 unspecified atom stereocenters. The fraction of sp³-hybridized carbons (Fsp3) is 0.304. The molecule has 2 atom stereocenters. The van der Waals surface area contributed by atoms with Gasteiger partial charge in [-0.25, -0.2) is 0 Å². The number of hydrogen-bond acceptors (Lipinski definition) is 4. The Hall–Kier alpha value is -2.88. The van der Waals surface area contributed by atoms with Crippen LogP contribution in [0.25, 0.3) is 6.08 Å². The van der Waals surface area contributed by atoms with Crippen LogP contribution in [0.4, 0.5) is 0 Å². The zero-order chi connectivity index (χ0) is 19.2. The van der Waals surface area contributed by atoms with Crippen molar-refractivity contribution in [3.63, 3.8) is 0 Å². The lowest BCUT2D eigenvalue weighted by atomic mass is 9.79. The molecular weight excluding hydrogens is 340 g/mol. The van der Waals surface area contributed by atoms with E-state index in [4.69, 9.17) is 14.2 Å². The third kappa shape index (κ3) is 4.27. The van der Waals surface area contributed by atoms with Gasteiger partial charge in [0, 0.05) is 5.92 Å². The van der Waals surface area contributed by atoms with Crippen molar-refractivity contribution in [2.24, 2.45) is 5.92 Å². The standard InChI is InChI=1S/C23H26O4/c1-25-21-13-9-16(14-23(21)27-3)8-10-17-6-4-5-7-19(17)18-11-12-20(24)22(15-18)26-2/h5,7-15,17,19,24H,4,6H2,1-3H3/t17-,19+/m0/s1. The van der Waals surface area contributed by atoms with Gasteiger partial charge in [-0.1, -0.05) is 36.4 Å². The number of phenolic OH excluding ortho intramolecular Hbond substituents is 1. The highest BCUT2D eigenvalue weighted by molar-refractivity contribution is 5.56. The van der Waals surface area contributed by atoms with Gasteiger partial charge in [0.05, 0.1) is 21.3 Å². The Labute approximate surface area is 160 Å². The lowest BCUT2D eigenvalue weighted by Crippen LogP contribution is -2.12. The first-order chi connectivity index (χ1) is 13.2. The van der Waals surface area contributed by atoms with Gasteiger partial charge in [-0.05, 0) is 54.2 Å². The Morgan fingerprint density at radius 2 is 1.70 bits per heavy atom. The quantitative estimate of drug-likeness (QED) is 0.716. The first-order valence-corrected chi connectivity index (χ1v) is 9.10. The molecule has 27 heavy (non-hydrogen) atoms. The number of phenols is 1. The van der Waals surface area contributed by atoms with Gasteiger partial charge in [0.15, 0.2) is 23.0 Å². The summed E-state index contributed by atoms with van der Waals surface area (Å²) in [5.41, 5.74) is 2.21. The number of aromatic hydroxyl groups is 1. The van der Waals surface area contributed by atoms with Crippen LogP contribution in [-0.2, 0) is 0 Å². The first-order valence-electron chi connectivity index (χ1n) is 9.10. The van der Waals surface area contributed by atoms with Crippen molar-refractivity contribution in [3.8, 4) is 23.0 Å². The largest absolute Gasteiger partial charge is 0.504 e. The third-order valence-electron chi connectivity index (χ3n) is 5.00. The highest BCUT2D eigenvalue weighted by atomic mass is 16.5. The van der Waals surface area contributed by atoms with Crippen molar-refractivity contribution >= 4 is 6.08 Å². The average molecular weight is 366 g/mol. The molecule has 4 nitrogen and oxygen atoms in total. The molecule has 0 bridgehead atoms. The van der Waals surface area contributed by atoms with Crippen LogP contribution >= 0.6 is 0 Å². The minimum absolute atomic E-state index is 0.165. The molecule has 0 saturated carbocycles. The van der Waals surface area contributed by atoms with Crippen molar-refractivity contribution in [2.45, 2.75) is 18.8 Å². The van der Waals surface area contributed by atoms with Crippen LogP contribution < -0.4 is 14.2 Å². The molecule has 3 rings (SSSR count). The second-order valence-electron chi connectivity index (χ2n) is 6.60. The predicted molar refractivity (Wildman–Crippen MR) is 108 cm³/mol. The van der Waals surface area contributed by atoms with E-state index in [1.165, 1.54) is 0 Å². The normalized spacial score (nSPS) is 19.2. The summed E-state index contributed by atoms with van der Waals surface area (Å²) in [5, 5.41) is 9.86. The molecule has 1 N–H and O–H groups in total. The summed E-state index contributed by atoms with van der Waals surface area (Å²) in [6, 6.07) is 11.5. The monoisotopic (exact) mass is 366 g/mol. The molecule has 0 heterocycles. The fourth-order valence-electron chi connectivity index (χ4n) is 3.52. The van der Waals surface area contributed by atoms with Crippen molar-refractivity contribution in [1.82, 2.24) is 0 Å². The highest BCUT2D eigenvalue weighted by Gasteiger charge is 2.22. The molecule has 0 spiro atoms. The molecule has 0 saturated heterocycles. The van der Waals surface area contributed by atoms with Crippen LogP contribution in [0, 0.1) is 5.92 Å². The van der Waals surface area contributed by atoms with Crippen LogP contribution in [0.1, 0.15) is 29.9 Å². The Balaban J connectivity index is 1.84. The van der Waals surface area contributed by atoms with Crippen LogP contribution in [-0.4, -0.2) is 26.4 Å². The summed E-state index contributed by atoms with van der Waals surface area (Å²) < 4.78 is 16.0. The number of hydrogen-bond donors (Lipinski definition) is 1. The average Bonchev–Trinajstić information content (AvgIpc) is 2.72. The van der Waals surface area contributed by atoms with Gasteiger partial charge in [0.1, 0.15) is 0 Å². The molecule has 4 heteroatoms. The maximum atomic E-state index is 9.86. The van der Waals surface area contributed by atoms with E-state index < -0.39 is 0 Å².